The molecule has 5 heteroatoms. The molecule has 1 aromatic rings. The molecule has 0 saturated heterocycles. The summed E-state index contributed by atoms with van der Waals surface area (Å²) in [6, 6.07) is 2.79. The number of benzene rings is 1. The second-order valence-corrected chi connectivity index (χ2v) is 3.35. The van der Waals surface area contributed by atoms with Crippen LogP contribution in [0.25, 0.3) is 0 Å². The van der Waals surface area contributed by atoms with Gasteiger partial charge in [-0.05, 0) is 28.1 Å². The molecule has 0 aromatic heterocycles. The normalized spacial score (nSPS) is 9.64. The van der Waals surface area contributed by atoms with Gasteiger partial charge in [0.2, 0.25) is 0 Å². The van der Waals surface area contributed by atoms with Crippen LogP contribution in [0.5, 0.6) is 11.5 Å². The van der Waals surface area contributed by atoms with Crippen LogP contribution in [-0.4, -0.2) is 25.3 Å². The van der Waals surface area contributed by atoms with E-state index in [-0.39, 0.29) is 11.3 Å². The number of phenols is 1. The lowest BCUT2D eigenvalue weighted by molar-refractivity contribution is 0.0599. The number of rotatable bonds is 2. The third-order valence-electron chi connectivity index (χ3n) is 1.67. The van der Waals surface area contributed by atoms with Crippen molar-refractivity contribution in [2.75, 3.05) is 14.2 Å². The fourth-order valence-corrected chi connectivity index (χ4v) is 1.46. The summed E-state index contributed by atoms with van der Waals surface area (Å²) in [5.74, 6) is -0.324. The summed E-state index contributed by atoms with van der Waals surface area (Å²) in [5, 5.41) is 9.41. The molecular weight excluding hydrogens is 252 g/mol. The molecule has 0 heterocycles. The maximum Gasteiger partial charge on any atom is 0.339 e. The van der Waals surface area contributed by atoms with Gasteiger partial charge in [0, 0.05) is 4.47 Å². The van der Waals surface area contributed by atoms with Gasteiger partial charge in [0.15, 0.2) is 11.5 Å². The van der Waals surface area contributed by atoms with Crippen LogP contribution in [0, 0.1) is 0 Å². The number of esters is 1. The van der Waals surface area contributed by atoms with E-state index in [4.69, 9.17) is 4.74 Å². The number of hydrogen-bond acceptors (Lipinski definition) is 4. The van der Waals surface area contributed by atoms with Gasteiger partial charge in [0.1, 0.15) is 0 Å². The second-order valence-electron chi connectivity index (χ2n) is 2.50. The average Bonchev–Trinajstić information content (AvgIpc) is 2.19. The van der Waals surface area contributed by atoms with Crippen molar-refractivity contribution in [1.82, 2.24) is 0 Å². The molecule has 14 heavy (non-hydrogen) atoms. The zero-order chi connectivity index (χ0) is 10.7. The number of carbonyl (C=O) groups is 1. The molecule has 1 aromatic carbocycles. The summed E-state index contributed by atoms with van der Waals surface area (Å²) in [6.45, 7) is 0. The molecule has 76 valence electrons. The van der Waals surface area contributed by atoms with E-state index in [2.05, 4.69) is 20.7 Å². The van der Waals surface area contributed by atoms with Crippen molar-refractivity contribution >= 4 is 21.9 Å². The van der Waals surface area contributed by atoms with E-state index in [0.29, 0.717) is 10.2 Å². The molecule has 0 bridgehead atoms. The van der Waals surface area contributed by atoms with E-state index in [1.807, 2.05) is 0 Å². The van der Waals surface area contributed by atoms with E-state index in [9.17, 15) is 9.90 Å². The van der Waals surface area contributed by atoms with Gasteiger partial charge < -0.3 is 14.6 Å². The molecule has 0 unspecified atom stereocenters. The van der Waals surface area contributed by atoms with Crippen LogP contribution in [0.15, 0.2) is 16.6 Å². The third-order valence-corrected chi connectivity index (χ3v) is 2.33. The molecule has 0 amide bonds. The Labute approximate surface area is 89.6 Å². The van der Waals surface area contributed by atoms with Gasteiger partial charge in [0.25, 0.3) is 0 Å². The van der Waals surface area contributed by atoms with Crippen molar-refractivity contribution in [3.05, 3.63) is 22.2 Å². The maximum absolute atomic E-state index is 11.2. The second kappa shape index (κ2) is 4.32. The van der Waals surface area contributed by atoms with Gasteiger partial charge in [0.05, 0.1) is 19.8 Å². The Hall–Kier alpha value is -1.23. The first-order valence-electron chi connectivity index (χ1n) is 3.75. The predicted molar refractivity (Wildman–Crippen MR) is 53.7 cm³/mol. The lowest BCUT2D eigenvalue weighted by atomic mass is 10.2. The lowest BCUT2D eigenvalue weighted by Gasteiger charge is -2.07. The Morgan fingerprint density at radius 2 is 2.07 bits per heavy atom. The fourth-order valence-electron chi connectivity index (χ4n) is 0.973. The molecule has 0 atom stereocenters. The van der Waals surface area contributed by atoms with Crippen molar-refractivity contribution in [2.24, 2.45) is 0 Å². The van der Waals surface area contributed by atoms with Gasteiger partial charge in [-0.25, -0.2) is 4.79 Å². The number of methoxy groups -OCH3 is 2. The highest BCUT2D eigenvalue weighted by molar-refractivity contribution is 9.10. The first-order valence-corrected chi connectivity index (χ1v) is 4.54. The molecule has 0 aliphatic rings. The predicted octanol–water partition coefficient (Wildman–Crippen LogP) is 1.95. The Balaban J connectivity index is 3.21. The first kappa shape index (κ1) is 10.8. The van der Waals surface area contributed by atoms with Gasteiger partial charge in [-0.2, -0.15) is 0 Å². The first-order chi connectivity index (χ1) is 6.60. The van der Waals surface area contributed by atoms with E-state index in [0.717, 1.165) is 0 Å². The number of ether oxygens (including phenoxy) is 2. The molecule has 4 nitrogen and oxygen atoms in total. The average molecular weight is 261 g/mol. The number of hydrogen-bond donors (Lipinski definition) is 1. The topological polar surface area (TPSA) is 55.8 Å². The molecule has 1 N–H and O–H groups in total. The zero-order valence-corrected chi connectivity index (χ0v) is 9.29. The monoisotopic (exact) mass is 260 g/mol. The summed E-state index contributed by atoms with van der Waals surface area (Å²) in [6.07, 6.45) is 0. The van der Waals surface area contributed by atoms with Crippen LogP contribution in [0.2, 0.25) is 0 Å². The van der Waals surface area contributed by atoms with Crippen LogP contribution in [-0.2, 0) is 4.74 Å². The lowest BCUT2D eigenvalue weighted by Crippen LogP contribution is -2.02. The number of halogens is 1. The summed E-state index contributed by atoms with van der Waals surface area (Å²) in [4.78, 5) is 11.2. The molecule has 0 spiro atoms. The van der Waals surface area contributed by atoms with Crippen LogP contribution in [0.3, 0.4) is 0 Å². The van der Waals surface area contributed by atoms with Gasteiger partial charge in [-0.15, -0.1) is 0 Å². The van der Waals surface area contributed by atoms with Crippen LogP contribution in [0.1, 0.15) is 10.4 Å². The third kappa shape index (κ3) is 1.98. The minimum atomic E-state index is -0.519. The Kier molecular flexibility index (Phi) is 3.35. The number of carbonyl (C=O) groups excluding carboxylic acids is 1. The molecule has 1 rings (SSSR count). The van der Waals surface area contributed by atoms with Crippen molar-refractivity contribution in [1.29, 1.82) is 0 Å². The maximum atomic E-state index is 11.2. The summed E-state index contributed by atoms with van der Waals surface area (Å²) < 4.78 is 9.90. The summed E-state index contributed by atoms with van der Waals surface area (Å²) >= 11 is 3.17. The minimum absolute atomic E-state index is 0.101. The smallest absolute Gasteiger partial charge is 0.339 e. The SMILES string of the molecule is COC(=O)c1cc(O)c(OC)cc1Br. The molecule has 0 radical (unpaired) electrons. The molecular formula is C9H9BrO4. The molecule has 0 aliphatic carbocycles. The van der Waals surface area contributed by atoms with Crippen LogP contribution in [0.4, 0.5) is 0 Å². The van der Waals surface area contributed by atoms with E-state index in [1.165, 1.54) is 26.4 Å². The molecule has 0 saturated carbocycles. The van der Waals surface area contributed by atoms with Crippen LogP contribution >= 0.6 is 15.9 Å². The van der Waals surface area contributed by atoms with Gasteiger partial charge in [-0.1, -0.05) is 0 Å². The molecule has 0 fully saturated rings. The largest absolute Gasteiger partial charge is 0.504 e. The van der Waals surface area contributed by atoms with E-state index in [1.54, 1.807) is 0 Å². The fraction of sp³-hybridized carbons (Fsp3) is 0.222. The van der Waals surface area contributed by atoms with Crippen LogP contribution < -0.4 is 4.74 Å². The molecule has 0 aliphatic heterocycles. The van der Waals surface area contributed by atoms with Gasteiger partial charge in [-0.3, -0.25) is 0 Å². The van der Waals surface area contributed by atoms with Crippen molar-refractivity contribution < 1.29 is 19.4 Å². The quantitative estimate of drug-likeness (QED) is 0.826. The Bertz CT molecular complexity index is 362. The van der Waals surface area contributed by atoms with E-state index < -0.39 is 5.97 Å². The summed E-state index contributed by atoms with van der Waals surface area (Å²) in [7, 11) is 2.70. The van der Waals surface area contributed by atoms with Crippen molar-refractivity contribution in [2.45, 2.75) is 0 Å². The summed E-state index contributed by atoms with van der Waals surface area (Å²) in [5.41, 5.74) is 0.255. The Morgan fingerprint density at radius 1 is 1.43 bits per heavy atom. The van der Waals surface area contributed by atoms with Gasteiger partial charge >= 0.3 is 5.97 Å². The van der Waals surface area contributed by atoms with Crippen molar-refractivity contribution in [3.63, 3.8) is 0 Å². The Morgan fingerprint density at radius 3 is 2.57 bits per heavy atom. The van der Waals surface area contributed by atoms with Crippen molar-refractivity contribution in [3.8, 4) is 11.5 Å². The number of phenolic OH excluding ortho intramolecular Hbond substituents is 1. The highest BCUT2D eigenvalue weighted by Crippen LogP contribution is 2.32. The standard InChI is InChI=1S/C9H9BrO4/c1-13-8-4-6(10)5(3-7(8)11)9(12)14-2/h3-4,11H,1-2H3. The zero-order valence-electron chi connectivity index (χ0n) is 7.70. The number of aromatic hydroxyl groups is 1. The van der Waals surface area contributed by atoms with E-state index >= 15 is 0 Å². The highest BCUT2D eigenvalue weighted by atomic mass is 79.9. The highest BCUT2D eigenvalue weighted by Gasteiger charge is 2.14. The minimum Gasteiger partial charge on any atom is -0.504 e.